The second kappa shape index (κ2) is 10.5. The summed E-state index contributed by atoms with van der Waals surface area (Å²) in [5.74, 6) is 0.817. The zero-order chi connectivity index (χ0) is 24.2. The van der Waals surface area contributed by atoms with Crippen molar-refractivity contribution in [1.29, 1.82) is 0 Å². The van der Waals surface area contributed by atoms with Crippen LogP contribution in [-0.2, 0) is 11.8 Å². The number of likely N-dealkylation sites (tertiary alicyclic amines) is 1. The lowest BCUT2D eigenvalue weighted by molar-refractivity contribution is 0.0389. The smallest absolute Gasteiger partial charge is 0.255 e. The summed E-state index contributed by atoms with van der Waals surface area (Å²) >= 11 is 0. The van der Waals surface area contributed by atoms with Gasteiger partial charge in [0.25, 0.3) is 5.56 Å². The summed E-state index contributed by atoms with van der Waals surface area (Å²) in [6, 6.07) is 10.9. The summed E-state index contributed by atoms with van der Waals surface area (Å²) in [6.07, 6.45) is 4.99. The van der Waals surface area contributed by atoms with Crippen LogP contribution < -0.4 is 15.2 Å². The molecule has 0 saturated carbocycles. The Labute approximate surface area is 203 Å². The van der Waals surface area contributed by atoms with E-state index < -0.39 is 5.82 Å². The number of halogens is 1. The van der Waals surface area contributed by atoms with E-state index in [0.29, 0.717) is 37.9 Å². The molecule has 0 unspecified atom stereocenters. The van der Waals surface area contributed by atoms with E-state index in [1.165, 1.54) is 48.8 Å². The first-order chi connectivity index (χ1) is 17.1. The molecule has 35 heavy (non-hydrogen) atoms. The van der Waals surface area contributed by atoms with Gasteiger partial charge in [-0.1, -0.05) is 12.1 Å². The van der Waals surface area contributed by atoms with E-state index in [-0.39, 0.29) is 17.2 Å². The maximum absolute atomic E-state index is 14.3. The van der Waals surface area contributed by atoms with Gasteiger partial charge in [0.1, 0.15) is 18.5 Å². The molecule has 0 amide bonds. The number of hydrogen-bond acceptors (Lipinski definition) is 7. The highest BCUT2D eigenvalue weighted by Gasteiger charge is 2.25. The van der Waals surface area contributed by atoms with Crippen LogP contribution in [0.5, 0.6) is 5.75 Å². The van der Waals surface area contributed by atoms with Crippen LogP contribution in [0, 0.1) is 5.82 Å². The van der Waals surface area contributed by atoms with Crippen molar-refractivity contribution in [2.75, 3.05) is 50.8 Å². The first-order valence-corrected chi connectivity index (χ1v) is 12.1. The highest BCUT2D eigenvalue weighted by Crippen LogP contribution is 2.28. The van der Waals surface area contributed by atoms with Crippen molar-refractivity contribution in [3.05, 3.63) is 70.5 Å². The Morgan fingerprint density at radius 2 is 1.94 bits per heavy atom. The Hall–Kier alpha value is -3.30. The summed E-state index contributed by atoms with van der Waals surface area (Å²) < 4.78 is 27.7. The Morgan fingerprint density at radius 3 is 2.71 bits per heavy atom. The third kappa shape index (κ3) is 5.36. The molecule has 2 aromatic heterocycles. The van der Waals surface area contributed by atoms with Crippen molar-refractivity contribution in [1.82, 2.24) is 19.4 Å². The van der Waals surface area contributed by atoms with Crippen molar-refractivity contribution in [2.24, 2.45) is 7.05 Å². The van der Waals surface area contributed by atoms with Crippen molar-refractivity contribution >= 4 is 5.95 Å². The third-order valence-electron chi connectivity index (χ3n) is 6.64. The average molecular weight is 480 g/mol. The minimum Gasteiger partial charge on any atom is -0.492 e. The highest BCUT2D eigenvalue weighted by molar-refractivity contribution is 5.60. The van der Waals surface area contributed by atoms with Crippen LogP contribution in [0.15, 0.2) is 53.6 Å². The Kier molecular flexibility index (Phi) is 7.06. The van der Waals surface area contributed by atoms with Gasteiger partial charge in [-0.2, -0.15) is 0 Å². The van der Waals surface area contributed by atoms with Crippen molar-refractivity contribution in [3.63, 3.8) is 0 Å². The number of morpholine rings is 1. The highest BCUT2D eigenvalue weighted by atomic mass is 19.1. The summed E-state index contributed by atoms with van der Waals surface area (Å²) in [5.41, 5.74) is 1.33. The molecule has 0 radical (unpaired) electrons. The maximum atomic E-state index is 14.3. The Balaban J connectivity index is 1.28. The van der Waals surface area contributed by atoms with Crippen LogP contribution in [-0.4, -0.2) is 65.4 Å². The van der Waals surface area contributed by atoms with E-state index in [0.717, 1.165) is 24.1 Å². The lowest BCUT2D eigenvalue weighted by Crippen LogP contribution is -2.41. The second-order valence-corrected chi connectivity index (χ2v) is 8.97. The minimum atomic E-state index is -0.512. The molecule has 2 saturated heterocycles. The van der Waals surface area contributed by atoms with Crippen LogP contribution in [0.3, 0.4) is 0 Å². The van der Waals surface area contributed by atoms with Crippen LogP contribution in [0.25, 0.3) is 11.3 Å². The van der Waals surface area contributed by atoms with E-state index in [4.69, 9.17) is 9.47 Å². The van der Waals surface area contributed by atoms with Gasteiger partial charge in [0.2, 0.25) is 5.95 Å². The molecule has 1 aromatic carbocycles. The van der Waals surface area contributed by atoms with E-state index >= 15 is 0 Å². The van der Waals surface area contributed by atoms with Crippen LogP contribution in [0.2, 0.25) is 0 Å². The third-order valence-corrected chi connectivity index (χ3v) is 6.64. The van der Waals surface area contributed by atoms with Crippen molar-refractivity contribution in [3.8, 4) is 17.0 Å². The summed E-state index contributed by atoms with van der Waals surface area (Å²) in [4.78, 5) is 25.5. The average Bonchev–Trinajstić information content (AvgIpc) is 3.40. The number of hydrogen-bond donors (Lipinski definition) is 0. The molecule has 9 heteroatoms. The lowest BCUT2D eigenvalue weighted by atomic mass is 10.1. The van der Waals surface area contributed by atoms with Gasteiger partial charge in [0, 0.05) is 38.0 Å². The largest absolute Gasteiger partial charge is 0.492 e. The molecule has 2 aliphatic rings. The molecule has 0 bridgehead atoms. The molecule has 1 atom stereocenters. The van der Waals surface area contributed by atoms with E-state index in [1.54, 1.807) is 7.05 Å². The van der Waals surface area contributed by atoms with E-state index in [1.807, 2.05) is 29.2 Å². The zero-order valence-corrected chi connectivity index (χ0v) is 19.9. The molecule has 3 aromatic rings. The molecule has 0 N–H and O–H groups in total. The van der Waals surface area contributed by atoms with Crippen LogP contribution in [0.1, 0.15) is 24.5 Å². The fraction of sp³-hybridized carbons (Fsp3) is 0.423. The Morgan fingerprint density at radius 1 is 1.14 bits per heavy atom. The summed E-state index contributed by atoms with van der Waals surface area (Å²) in [6.45, 7) is 5.56. The summed E-state index contributed by atoms with van der Waals surface area (Å²) in [7, 11) is 1.68. The molecule has 0 spiro atoms. The molecule has 0 aliphatic carbocycles. The van der Waals surface area contributed by atoms with Crippen molar-refractivity contribution in [2.45, 2.75) is 18.9 Å². The molecule has 5 rings (SSSR count). The van der Waals surface area contributed by atoms with Gasteiger partial charge in [-0.3, -0.25) is 19.2 Å². The van der Waals surface area contributed by atoms with Crippen LogP contribution in [0.4, 0.5) is 10.3 Å². The van der Waals surface area contributed by atoms with E-state index in [2.05, 4.69) is 14.9 Å². The van der Waals surface area contributed by atoms with Gasteiger partial charge in [0.15, 0.2) is 5.82 Å². The predicted octanol–water partition coefficient (Wildman–Crippen LogP) is 3.03. The first-order valence-electron chi connectivity index (χ1n) is 12.1. The van der Waals surface area contributed by atoms with Gasteiger partial charge in [-0.25, -0.2) is 9.37 Å². The number of anilines is 1. The normalized spacial score (nSPS) is 18.7. The number of aromatic nitrogens is 3. The van der Waals surface area contributed by atoms with Crippen LogP contribution >= 0.6 is 0 Å². The number of ether oxygens (including phenoxy) is 2. The fourth-order valence-electron chi connectivity index (χ4n) is 4.64. The number of pyridine rings is 1. The molecule has 8 nitrogen and oxygen atoms in total. The van der Waals surface area contributed by atoms with Gasteiger partial charge in [0.05, 0.1) is 25.0 Å². The maximum Gasteiger partial charge on any atom is 0.255 e. The molecule has 4 heterocycles. The molecular formula is C26H30FN5O3. The molecule has 2 fully saturated rings. The minimum absolute atomic E-state index is 0.180. The first kappa shape index (κ1) is 23.4. The number of rotatable bonds is 7. The molecule has 2 aliphatic heterocycles. The predicted molar refractivity (Wildman–Crippen MR) is 131 cm³/mol. The number of nitrogens with zero attached hydrogens (tertiary/aromatic N) is 5. The second-order valence-electron chi connectivity index (χ2n) is 8.97. The zero-order valence-electron chi connectivity index (χ0n) is 19.9. The lowest BCUT2D eigenvalue weighted by Gasteiger charge is -2.34. The monoisotopic (exact) mass is 479 g/mol. The quantitative estimate of drug-likeness (QED) is 0.516. The van der Waals surface area contributed by atoms with Gasteiger partial charge >= 0.3 is 0 Å². The Bertz CT molecular complexity index is 1210. The standard InChI is InChI=1S/C26H30FN5O3/c1-30-25(33)16-23(21-8-9-28-17-22(21)27)29-26(30)32-13-15-35-24(18-32)19-4-6-20(7-5-19)34-14-12-31-10-2-3-11-31/h4-9,16-17,24H,2-3,10-15,18H2,1H3/t24-/m1/s1. The van der Waals surface area contributed by atoms with Crippen molar-refractivity contribution < 1.29 is 13.9 Å². The summed E-state index contributed by atoms with van der Waals surface area (Å²) in [5, 5.41) is 0. The SMILES string of the molecule is Cn1c(N2CCO[C@@H](c3ccc(OCCN4CCCC4)cc3)C2)nc(-c2ccncc2F)cc1=O. The molecular weight excluding hydrogens is 449 g/mol. The molecule has 184 valence electrons. The van der Waals surface area contributed by atoms with Gasteiger partial charge < -0.3 is 14.4 Å². The fourth-order valence-corrected chi connectivity index (χ4v) is 4.64. The topological polar surface area (TPSA) is 72.7 Å². The van der Waals surface area contributed by atoms with E-state index in [9.17, 15) is 9.18 Å². The van der Waals surface area contributed by atoms with Gasteiger partial charge in [-0.15, -0.1) is 0 Å². The van der Waals surface area contributed by atoms with Gasteiger partial charge in [-0.05, 0) is 49.7 Å². The number of benzene rings is 1.